The van der Waals surface area contributed by atoms with Crippen LogP contribution in [-0.4, -0.2) is 10.9 Å². The lowest BCUT2D eigenvalue weighted by molar-refractivity contribution is -0.111. The Morgan fingerprint density at radius 2 is 2.05 bits per heavy atom. The average molecular weight is 294 g/mol. The van der Waals surface area contributed by atoms with E-state index in [1.165, 1.54) is 6.08 Å². The number of amides is 1. The Hall–Kier alpha value is -2.46. The van der Waals surface area contributed by atoms with Crippen LogP contribution in [0.15, 0.2) is 54.6 Å². The standard InChI is InChI=1S/C17H14N2OS/c1-12-5-4-6-13(11-12)18-16(20)9-10-17-19-14-7-2-3-8-15(14)21-17/h2-11H,1H3,(H,18,20)/b10-9+. The molecule has 0 aliphatic rings. The molecule has 0 spiro atoms. The minimum Gasteiger partial charge on any atom is -0.323 e. The number of anilines is 1. The maximum absolute atomic E-state index is 11.9. The van der Waals surface area contributed by atoms with Gasteiger partial charge in [-0.1, -0.05) is 24.3 Å². The Labute approximate surface area is 127 Å². The number of benzene rings is 2. The van der Waals surface area contributed by atoms with Gasteiger partial charge in [0.25, 0.3) is 0 Å². The van der Waals surface area contributed by atoms with Gasteiger partial charge in [-0.3, -0.25) is 4.79 Å². The molecule has 0 aliphatic carbocycles. The van der Waals surface area contributed by atoms with Gasteiger partial charge in [-0.15, -0.1) is 11.3 Å². The number of nitrogens with one attached hydrogen (secondary N) is 1. The molecule has 3 nitrogen and oxygen atoms in total. The fourth-order valence-electron chi connectivity index (χ4n) is 2.02. The second-order valence-corrected chi connectivity index (χ2v) is 5.77. The SMILES string of the molecule is Cc1cccc(NC(=O)/C=C/c2nc3ccccc3s2)c1. The summed E-state index contributed by atoms with van der Waals surface area (Å²) in [6, 6.07) is 15.7. The highest BCUT2D eigenvalue weighted by molar-refractivity contribution is 7.19. The molecule has 1 heterocycles. The van der Waals surface area contributed by atoms with E-state index >= 15 is 0 Å². The third-order valence-electron chi connectivity index (χ3n) is 2.97. The maximum Gasteiger partial charge on any atom is 0.248 e. The molecular weight excluding hydrogens is 280 g/mol. The second kappa shape index (κ2) is 5.89. The van der Waals surface area contributed by atoms with Crippen molar-refractivity contribution in [2.45, 2.75) is 6.92 Å². The molecule has 3 aromatic rings. The molecule has 4 heteroatoms. The molecule has 0 atom stereocenters. The monoisotopic (exact) mass is 294 g/mol. The van der Waals surface area contributed by atoms with Crippen LogP contribution in [0.3, 0.4) is 0 Å². The highest BCUT2D eigenvalue weighted by Crippen LogP contribution is 2.22. The summed E-state index contributed by atoms with van der Waals surface area (Å²) < 4.78 is 1.12. The van der Waals surface area contributed by atoms with Gasteiger partial charge in [-0.2, -0.15) is 0 Å². The number of hydrogen-bond donors (Lipinski definition) is 1. The van der Waals surface area contributed by atoms with Gasteiger partial charge in [-0.05, 0) is 42.8 Å². The molecule has 1 N–H and O–H groups in total. The number of carbonyl (C=O) groups excluding carboxylic acids is 1. The summed E-state index contributed by atoms with van der Waals surface area (Å²) in [6.07, 6.45) is 3.26. The number of fused-ring (bicyclic) bond motifs is 1. The van der Waals surface area contributed by atoms with Crippen LogP contribution in [0.1, 0.15) is 10.6 Å². The van der Waals surface area contributed by atoms with Crippen molar-refractivity contribution in [3.05, 3.63) is 65.2 Å². The third-order valence-corrected chi connectivity index (χ3v) is 3.97. The molecule has 0 saturated carbocycles. The third kappa shape index (κ3) is 3.35. The number of rotatable bonds is 3. The lowest BCUT2D eigenvalue weighted by Crippen LogP contribution is -2.07. The number of para-hydroxylation sites is 1. The molecule has 0 bridgehead atoms. The first-order chi connectivity index (χ1) is 10.2. The van der Waals surface area contributed by atoms with E-state index in [9.17, 15) is 4.79 Å². The number of carbonyl (C=O) groups is 1. The van der Waals surface area contributed by atoms with Gasteiger partial charge in [0.15, 0.2) is 0 Å². The Morgan fingerprint density at radius 3 is 2.86 bits per heavy atom. The summed E-state index contributed by atoms with van der Waals surface area (Å²) in [6.45, 7) is 1.99. The second-order valence-electron chi connectivity index (χ2n) is 4.71. The molecule has 21 heavy (non-hydrogen) atoms. The molecule has 2 aromatic carbocycles. The number of nitrogens with zero attached hydrogens (tertiary/aromatic N) is 1. The Kier molecular flexibility index (Phi) is 3.79. The fraction of sp³-hybridized carbons (Fsp3) is 0.0588. The minimum absolute atomic E-state index is 0.153. The van der Waals surface area contributed by atoms with Crippen molar-refractivity contribution in [1.82, 2.24) is 4.98 Å². The molecule has 0 fully saturated rings. The first-order valence-corrected chi connectivity index (χ1v) is 7.44. The summed E-state index contributed by atoms with van der Waals surface area (Å²) in [5, 5.41) is 3.67. The van der Waals surface area contributed by atoms with E-state index in [2.05, 4.69) is 10.3 Å². The predicted molar refractivity (Wildman–Crippen MR) is 88.5 cm³/mol. The van der Waals surface area contributed by atoms with Gasteiger partial charge >= 0.3 is 0 Å². The largest absolute Gasteiger partial charge is 0.323 e. The zero-order valence-corrected chi connectivity index (χ0v) is 12.4. The van der Waals surface area contributed by atoms with Crippen molar-refractivity contribution in [1.29, 1.82) is 0 Å². The van der Waals surface area contributed by atoms with Crippen LogP contribution in [0.4, 0.5) is 5.69 Å². The molecular formula is C17H14N2OS. The van der Waals surface area contributed by atoms with E-state index in [0.29, 0.717) is 0 Å². The predicted octanol–water partition coefficient (Wildman–Crippen LogP) is 4.26. The van der Waals surface area contributed by atoms with E-state index in [-0.39, 0.29) is 5.91 Å². The van der Waals surface area contributed by atoms with Crippen molar-refractivity contribution in [2.24, 2.45) is 0 Å². The summed E-state index contributed by atoms with van der Waals surface area (Å²) >= 11 is 1.57. The van der Waals surface area contributed by atoms with Crippen molar-refractivity contribution < 1.29 is 4.79 Å². The Balaban J connectivity index is 1.71. The topological polar surface area (TPSA) is 42.0 Å². The minimum atomic E-state index is -0.153. The summed E-state index contributed by atoms with van der Waals surface area (Å²) in [4.78, 5) is 16.3. The molecule has 1 amide bonds. The van der Waals surface area contributed by atoms with Gasteiger partial charge in [0.05, 0.1) is 10.2 Å². The molecule has 0 saturated heterocycles. The van der Waals surface area contributed by atoms with Crippen LogP contribution in [0, 0.1) is 6.92 Å². The molecule has 0 unspecified atom stereocenters. The van der Waals surface area contributed by atoms with Gasteiger partial charge in [0.1, 0.15) is 5.01 Å². The van der Waals surface area contributed by atoms with Crippen LogP contribution in [0.25, 0.3) is 16.3 Å². The number of hydrogen-bond acceptors (Lipinski definition) is 3. The van der Waals surface area contributed by atoms with Crippen LogP contribution in [-0.2, 0) is 4.79 Å². The lowest BCUT2D eigenvalue weighted by Gasteiger charge is -2.02. The highest BCUT2D eigenvalue weighted by Gasteiger charge is 2.01. The van der Waals surface area contributed by atoms with Crippen LogP contribution in [0.5, 0.6) is 0 Å². The van der Waals surface area contributed by atoms with E-state index in [4.69, 9.17) is 0 Å². The zero-order valence-electron chi connectivity index (χ0n) is 11.5. The van der Waals surface area contributed by atoms with Gasteiger partial charge in [-0.25, -0.2) is 4.98 Å². The summed E-state index contributed by atoms with van der Waals surface area (Å²) in [7, 11) is 0. The summed E-state index contributed by atoms with van der Waals surface area (Å²) in [5.74, 6) is -0.153. The summed E-state index contributed by atoms with van der Waals surface area (Å²) in [5.41, 5.74) is 2.87. The van der Waals surface area contributed by atoms with Crippen molar-refractivity contribution in [2.75, 3.05) is 5.32 Å². The maximum atomic E-state index is 11.9. The lowest BCUT2D eigenvalue weighted by atomic mass is 10.2. The van der Waals surface area contributed by atoms with Crippen molar-refractivity contribution >= 4 is 39.2 Å². The van der Waals surface area contributed by atoms with Crippen molar-refractivity contribution in [3.63, 3.8) is 0 Å². The van der Waals surface area contributed by atoms with Crippen LogP contribution in [0.2, 0.25) is 0 Å². The molecule has 104 valence electrons. The van der Waals surface area contributed by atoms with Gasteiger partial charge in [0.2, 0.25) is 5.91 Å². The highest BCUT2D eigenvalue weighted by atomic mass is 32.1. The van der Waals surface area contributed by atoms with E-state index in [1.54, 1.807) is 17.4 Å². The number of aryl methyl sites for hydroxylation is 1. The zero-order chi connectivity index (χ0) is 14.7. The van der Waals surface area contributed by atoms with Crippen LogP contribution < -0.4 is 5.32 Å². The molecule has 1 aromatic heterocycles. The normalized spacial score (nSPS) is 11.1. The first kappa shape index (κ1) is 13.5. The molecule has 0 aliphatic heterocycles. The van der Waals surface area contributed by atoms with E-state index in [0.717, 1.165) is 26.5 Å². The number of aromatic nitrogens is 1. The van der Waals surface area contributed by atoms with E-state index < -0.39 is 0 Å². The molecule has 3 rings (SSSR count). The quantitative estimate of drug-likeness (QED) is 0.733. The molecule has 0 radical (unpaired) electrons. The Morgan fingerprint density at radius 1 is 1.19 bits per heavy atom. The smallest absolute Gasteiger partial charge is 0.248 e. The van der Waals surface area contributed by atoms with E-state index in [1.807, 2.05) is 55.5 Å². The fourth-order valence-corrected chi connectivity index (χ4v) is 2.89. The first-order valence-electron chi connectivity index (χ1n) is 6.62. The average Bonchev–Trinajstić information content (AvgIpc) is 2.88. The van der Waals surface area contributed by atoms with Crippen molar-refractivity contribution in [3.8, 4) is 0 Å². The number of thiazole rings is 1. The van der Waals surface area contributed by atoms with Crippen LogP contribution >= 0.6 is 11.3 Å². The Bertz CT molecular complexity index is 787. The van der Waals surface area contributed by atoms with Gasteiger partial charge in [0, 0.05) is 11.8 Å². The van der Waals surface area contributed by atoms with Gasteiger partial charge < -0.3 is 5.32 Å².